The summed E-state index contributed by atoms with van der Waals surface area (Å²) in [5.41, 5.74) is 15.7. The number of para-hydroxylation sites is 1. The maximum Gasteiger partial charge on any atom is 0.133 e. The van der Waals surface area contributed by atoms with Crippen molar-refractivity contribution in [3.63, 3.8) is 0 Å². The van der Waals surface area contributed by atoms with E-state index in [0.29, 0.717) is 11.8 Å². The van der Waals surface area contributed by atoms with Crippen LogP contribution in [0.25, 0.3) is 11.1 Å². The molecule has 0 radical (unpaired) electrons. The molecular weight excluding hydrogens is 703 g/mol. The van der Waals surface area contributed by atoms with Crippen molar-refractivity contribution in [2.45, 2.75) is 140 Å². The van der Waals surface area contributed by atoms with Gasteiger partial charge in [-0.2, -0.15) is 0 Å². The van der Waals surface area contributed by atoms with Crippen LogP contribution < -0.4 is 9.64 Å². The summed E-state index contributed by atoms with van der Waals surface area (Å²) in [5, 5.41) is 0. The van der Waals surface area contributed by atoms with E-state index >= 15 is 0 Å². The number of rotatable bonds is 4. The van der Waals surface area contributed by atoms with E-state index < -0.39 is 0 Å². The highest BCUT2D eigenvalue weighted by Crippen LogP contribution is 2.69. The monoisotopic (exact) mass is 765 g/mol. The molecule has 7 aliphatic rings. The SMILES string of the molecule is CC1(C)CCC(C)(C)c2cc(-c3ccc(N(c4ccc5c(c4)Oc4ccccc4C54C5CC6CC(C5)CC4C6)c4ccc5c(c4)C(C)(C)CCC5(C)C)cc3)ccc21. The Morgan fingerprint density at radius 3 is 1.50 bits per heavy atom. The largest absolute Gasteiger partial charge is 0.457 e. The second-order valence-corrected chi connectivity index (χ2v) is 22.4. The number of anilines is 3. The zero-order valence-electron chi connectivity index (χ0n) is 36.3. The van der Waals surface area contributed by atoms with Crippen LogP contribution in [0.2, 0.25) is 0 Å². The summed E-state index contributed by atoms with van der Waals surface area (Å²) < 4.78 is 7.05. The van der Waals surface area contributed by atoms with E-state index in [1.165, 1.54) is 114 Å². The van der Waals surface area contributed by atoms with Crippen molar-refractivity contribution >= 4 is 17.1 Å². The highest BCUT2D eigenvalue weighted by Gasteiger charge is 2.61. The van der Waals surface area contributed by atoms with Crippen LogP contribution in [0.4, 0.5) is 17.1 Å². The van der Waals surface area contributed by atoms with Gasteiger partial charge in [0, 0.05) is 39.7 Å². The molecule has 2 nitrogen and oxygen atoms in total. The van der Waals surface area contributed by atoms with Gasteiger partial charge in [-0.1, -0.05) is 116 Å². The summed E-state index contributed by atoms with van der Waals surface area (Å²) in [6.45, 7) is 19.4. The van der Waals surface area contributed by atoms with Crippen molar-refractivity contribution in [2.24, 2.45) is 23.7 Å². The fraction of sp³-hybridized carbons (Fsp3) is 0.464. The highest BCUT2D eigenvalue weighted by atomic mass is 16.5. The fourth-order valence-corrected chi connectivity index (χ4v) is 13.8. The molecule has 58 heavy (non-hydrogen) atoms. The molecule has 5 aromatic carbocycles. The molecule has 0 N–H and O–H groups in total. The minimum Gasteiger partial charge on any atom is -0.457 e. The van der Waals surface area contributed by atoms with Crippen LogP contribution in [0.1, 0.15) is 147 Å². The standard InChI is InChI=1S/C56H63NO/c1-52(2)23-25-54(5,6)48-32-38(15-20-44(48)52)37-13-16-41(17-14-37)57(42-18-21-45-49(33-42)55(7,8)26-24-53(45,3)4)43-19-22-47-51(34-43)58-50-12-10-9-11-46(50)56(47)39-28-35-27-36(30-39)31-40(56)29-35/h9-22,32-36,39-40H,23-31H2,1-8H3. The summed E-state index contributed by atoms with van der Waals surface area (Å²) in [5.74, 6) is 5.32. The van der Waals surface area contributed by atoms with E-state index in [2.05, 4.69) is 163 Å². The van der Waals surface area contributed by atoms with E-state index in [4.69, 9.17) is 4.74 Å². The Kier molecular flexibility index (Phi) is 7.84. The molecule has 0 atom stereocenters. The zero-order valence-corrected chi connectivity index (χ0v) is 36.3. The van der Waals surface area contributed by atoms with Gasteiger partial charge in [-0.3, -0.25) is 0 Å². The Balaban J connectivity index is 1.05. The van der Waals surface area contributed by atoms with Crippen molar-refractivity contribution in [1.82, 2.24) is 0 Å². The zero-order chi connectivity index (χ0) is 40.0. The minimum absolute atomic E-state index is 0.0443. The molecule has 4 fully saturated rings. The first-order chi connectivity index (χ1) is 27.6. The first-order valence-electron chi connectivity index (χ1n) is 22.8. The Morgan fingerprint density at radius 1 is 0.414 bits per heavy atom. The third-order valence-electron chi connectivity index (χ3n) is 17.1. The van der Waals surface area contributed by atoms with Gasteiger partial charge < -0.3 is 9.64 Å². The van der Waals surface area contributed by atoms with Crippen LogP contribution in [0, 0.1) is 23.7 Å². The third kappa shape index (κ3) is 5.34. The number of hydrogen-bond donors (Lipinski definition) is 0. The maximum absolute atomic E-state index is 7.05. The summed E-state index contributed by atoms with van der Waals surface area (Å²) in [6, 6.07) is 40.4. The Labute approximate surface area is 348 Å². The van der Waals surface area contributed by atoms with Crippen molar-refractivity contribution in [3.05, 3.63) is 137 Å². The van der Waals surface area contributed by atoms with Crippen molar-refractivity contribution < 1.29 is 4.74 Å². The second-order valence-electron chi connectivity index (χ2n) is 22.4. The first-order valence-corrected chi connectivity index (χ1v) is 22.8. The summed E-state index contributed by atoms with van der Waals surface area (Å²) in [4.78, 5) is 2.51. The van der Waals surface area contributed by atoms with Crippen LogP contribution in [0.3, 0.4) is 0 Å². The molecule has 1 heterocycles. The van der Waals surface area contributed by atoms with E-state index in [1.54, 1.807) is 0 Å². The van der Waals surface area contributed by atoms with Crippen LogP contribution in [0.15, 0.2) is 103 Å². The minimum atomic E-state index is 0.0443. The maximum atomic E-state index is 7.05. The lowest BCUT2D eigenvalue weighted by Crippen LogP contribution is -2.56. The summed E-state index contributed by atoms with van der Waals surface area (Å²) in [6.07, 6.45) is 11.8. The van der Waals surface area contributed by atoms with Gasteiger partial charge in [0.05, 0.1) is 0 Å². The molecule has 12 rings (SSSR count). The first kappa shape index (κ1) is 36.8. The number of nitrogens with zero attached hydrogens (tertiary/aromatic N) is 1. The molecule has 5 aromatic rings. The Bertz CT molecular complexity index is 2430. The lowest BCUT2D eigenvalue weighted by Gasteiger charge is -2.63. The van der Waals surface area contributed by atoms with Gasteiger partial charge >= 0.3 is 0 Å². The van der Waals surface area contributed by atoms with Crippen molar-refractivity contribution in [1.29, 1.82) is 0 Å². The predicted molar refractivity (Wildman–Crippen MR) is 241 cm³/mol. The molecule has 1 spiro atoms. The topological polar surface area (TPSA) is 12.5 Å². The van der Waals surface area contributed by atoms with Gasteiger partial charge in [-0.05, 0) is 173 Å². The molecule has 0 amide bonds. The molecule has 2 heteroatoms. The third-order valence-corrected chi connectivity index (χ3v) is 17.1. The Morgan fingerprint density at radius 2 is 0.879 bits per heavy atom. The molecule has 0 saturated heterocycles. The van der Waals surface area contributed by atoms with Crippen molar-refractivity contribution in [2.75, 3.05) is 4.90 Å². The van der Waals surface area contributed by atoms with Gasteiger partial charge in [-0.15, -0.1) is 0 Å². The molecular formula is C56H63NO. The highest BCUT2D eigenvalue weighted by molar-refractivity contribution is 5.81. The van der Waals surface area contributed by atoms with Crippen LogP contribution in [-0.4, -0.2) is 0 Å². The molecule has 4 bridgehead atoms. The summed E-state index contributed by atoms with van der Waals surface area (Å²) >= 11 is 0. The van der Waals surface area contributed by atoms with Gasteiger partial charge in [0.2, 0.25) is 0 Å². The second kappa shape index (κ2) is 12.4. The van der Waals surface area contributed by atoms with Gasteiger partial charge in [-0.25, -0.2) is 0 Å². The summed E-state index contributed by atoms with van der Waals surface area (Å²) in [7, 11) is 0. The van der Waals surface area contributed by atoms with E-state index in [-0.39, 0.29) is 27.1 Å². The van der Waals surface area contributed by atoms with Gasteiger partial charge in [0.25, 0.3) is 0 Å². The van der Waals surface area contributed by atoms with Crippen LogP contribution in [0.5, 0.6) is 11.5 Å². The van der Waals surface area contributed by atoms with E-state index in [9.17, 15) is 0 Å². The number of fused-ring (bicyclic) bond motifs is 4. The average molecular weight is 766 g/mol. The number of benzene rings is 5. The quantitative estimate of drug-likeness (QED) is 0.181. The smallest absolute Gasteiger partial charge is 0.133 e. The molecule has 6 aliphatic carbocycles. The lowest BCUT2D eigenvalue weighted by atomic mass is 9.42. The van der Waals surface area contributed by atoms with Gasteiger partial charge in [0.1, 0.15) is 11.5 Å². The van der Waals surface area contributed by atoms with Crippen LogP contribution >= 0.6 is 0 Å². The predicted octanol–water partition coefficient (Wildman–Crippen LogP) is 15.4. The molecule has 1 aliphatic heterocycles. The van der Waals surface area contributed by atoms with E-state index in [1.807, 2.05) is 0 Å². The van der Waals surface area contributed by atoms with Crippen molar-refractivity contribution in [3.8, 4) is 22.6 Å². The fourth-order valence-electron chi connectivity index (χ4n) is 13.8. The lowest BCUT2D eigenvalue weighted by molar-refractivity contribution is -0.0452. The average Bonchev–Trinajstić information content (AvgIpc) is 3.20. The number of hydrogen-bond acceptors (Lipinski definition) is 2. The molecule has 4 saturated carbocycles. The normalized spacial score (nSPS) is 28.5. The number of ether oxygens (including phenoxy) is 1. The van der Waals surface area contributed by atoms with E-state index in [0.717, 1.165) is 29.0 Å². The Hall–Kier alpha value is -4.30. The molecule has 0 aromatic heterocycles. The van der Waals surface area contributed by atoms with Gasteiger partial charge in [0.15, 0.2) is 0 Å². The molecule has 298 valence electrons. The molecule has 0 unspecified atom stereocenters. The van der Waals surface area contributed by atoms with Crippen LogP contribution in [-0.2, 0) is 27.1 Å².